The Hall–Kier alpha value is -2.78. The van der Waals surface area contributed by atoms with Gasteiger partial charge in [-0.3, -0.25) is 4.90 Å². The number of likely N-dealkylation sites (tertiary alicyclic amines) is 1. The fraction of sp³-hybridized carbons (Fsp3) is 0.500. The molecule has 5 rings (SSSR count). The molecule has 0 spiro atoms. The Morgan fingerprint density at radius 2 is 1.97 bits per heavy atom. The maximum atomic E-state index is 13.7. The third kappa shape index (κ3) is 4.47. The predicted octanol–water partition coefficient (Wildman–Crippen LogP) is 5.06. The average Bonchev–Trinajstić information content (AvgIpc) is 3.18. The number of alkyl halides is 3. The quantitative estimate of drug-likeness (QED) is 0.631. The molecule has 35 heavy (non-hydrogen) atoms. The normalized spacial score (nSPS) is 27.3. The Kier molecular flexibility index (Phi) is 5.96. The Labute approximate surface area is 201 Å². The molecule has 2 aromatic rings. The van der Waals surface area contributed by atoms with E-state index in [0.29, 0.717) is 17.9 Å². The van der Waals surface area contributed by atoms with E-state index in [1.54, 1.807) is 18.2 Å². The summed E-state index contributed by atoms with van der Waals surface area (Å²) in [5.74, 6) is -0.757. The van der Waals surface area contributed by atoms with E-state index in [4.69, 9.17) is 19.3 Å². The zero-order valence-electron chi connectivity index (χ0n) is 19.5. The van der Waals surface area contributed by atoms with Crippen molar-refractivity contribution in [2.45, 2.75) is 63.3 Å². The molecule has 0 amide bonds. The van der Waals surface area contributed by atoms with Gasteiger partial charge in [0.15, 0.2) is 6.61 Å². The summed E-state index contributed by atoms with van der Waals surface area (Å²) in [5, 5.41) is 8.97. The summed E-state index contributed by atoms with van der Waals surface area (Å²) < 4.78 is 59.1. The lowest BCUT2D eigenvalue weighted by Gasteiger charge is -2.51. The van der Waals surface area contributed by atoms with Crippen molar-refractivity contribution in [1.82, 2.24) is 4.90 Å². The number of para-hydroxylation sites is 2. The second-order valence-electron chi connectivity index (χ2n) is 9.98. The number of hydrogen-bond donors (Lipinski definition) is 1. The second kappa shape index (κ2) is 8.71. The topological polar surface area (TPSA) is 68.2 Å². The van der Waals surface area contributed by atoms with Crippen molar-refractivity contribution in [3.63, 3.8) is 0 Å². The number of rotatable bonds is 5. The summed E-state index contributed by atoms with van der Waals surface area (Å²) in [6, 6.07) is 11.6. The summed E-state index contributed by atoms with van der Waals surface area (Å²) in [7, 11) is 0. The molecule has 0 saturated carbocycles. The lowest BCUT2D eigenvalue weighted by atomic mass is 9.73. The lowest BCUT2D eigenvalue weighted by molar-refractivity contribution is -0.169. The average molecular weight is 492 g/mol. The molecule has 0 radical (unpaired) electrons. The van der Waals surface area contributed by atoms with Crippen molar-refractivity contribution >= 4 is 5.97 Å². The van der Waals surface area contributed by atoms with Gasteiger partial charge in [0, 0.05) is 36.2 Å². The standard InChI is InChI=1S/C26H28F3NO5/c1-25(2)18-12-19-21(34-23(18)16-7-5-8-17(24(16)35-25)26(27,28)29)10-11-30(19)13-15-6-3-4-9-20(15)33-14-22(31)32/h3-9,18-19,21,23H,10-14H2,1-2H3,(H,31,32)/t18-,19-,21-,23+/m1/s1. The first-order chi connectivity index (χ1) is 16.5. The number of carbonyl (C=O) groups is 1. The van der Waals surface area contributed by atoms with Gasteiger partial charge in [-0.25, -0.2) is 4.79 Å². The molecule has 0 unspecified atom stereocenters. The number of halogens is 3. The van der Waals surface area contributed by atoms with Gasteiger partial charge in [-0.1, -0.05) is 30.3 Å². The highest BCUT2D eigenvalue weighted by Gasteiger charge is 2.54. The van der Waals surface area contributed by atoms with E-state index in [1.165, 1.54) is 6.07 Å². The van der Waals surface area contributed by atoms with Crippen molar-refractivity contribution in [1.29, 1.82) is 0 Å². The first-order valence-corrected chi connectivity index (χ1v) is 11.8. The number of ether oxygens (including phenoxy) is 3. The summed E-state index contributed by atoms with van der Waals surface area (Å²) in [5.41, 5.74) is -0.261. The number of benzene rings is 2. The molecule has 4 atom stereocenters. The minimum absolute atomic E-state index is 0.0685. The molecule has 2 fully saturated rings. The van der Waals surface area contributed by atoms with Gasteiger partial charge >= 0.3 is 12.1 Å². The van der Waals surface area contributed by atoms with Crippen molar-refractivity contribution < 1.29 is 37.3 Å². The lowest BCUT2D eigenvalue weighted by Crippen LogP contribution is -2.54. The first-order valence-electron chi connectivity index (χ1n) is 11.8. The zero-order valence-corrected chi connectivity index (χ0v) is 19.5. The molecule has 3 aliphatic heterocycles. The molecular formula is C26H28F3NO5. The van der Waals surface area contributed by atoms with Crippen LogP contribution in [-0.2, 0) is 22.3 Å². The highest BCUT2D eigenvalue weighted by atomic mass is 19.4. The maximum absolute atomic E-state index is 13.7. The van der Waals surface area contributed by atoms with Crippen LogP contribution >= 0.6 is 0 Å². The van der Waals surface area contributed by atoms with E-state index in [9.17, 15) is 18.0 Å². The summed E-state index contributed by atoms with van der Waals surface area (Å²) >= 11 is 0. The number of carboxylic acids is 1. The van der Waals surface area contributed by atoms with Crippen LogP contribution in [0.25, 0.3) is 0 Å². The minimum atomic E-state index is -4.51. The molecule has 9 heteroatoms. The van der Waals surface area contributed by atoms with Crippen LogP contribution in [0.1, 0.15) is 49.5 Å². The Morgan fingerprint density at radius 3 is 2.71 bits per heavy atom. The molecule has 6 nitrogen and oxygen atoms in total. The van der Waals surface area contributed by atoms with E-state index in [2.05, 4.69) is 4.90 Å². The van der Waals surface area contributed by atoms with Gasteiger partial charge in [-0.05, 0) is 38.8 Å². The fourth-order valence-corrected chi connectivity index (χ4v) is 5.74. The van der Waals surface area contributed by atoms with Crippen molar-refractivity contribution in [2.75, 3.05) is 13.2 Å². The van der Waals surface area contributed by atoms with Crippen LogP contribution in [0, 0.1) is 5.92 Å². The zero-order chi connectivity index (χ0) is 25.0. The van der Waals surface area contributed by atoms with Gasteiger partial charge in [-0.2, -0.15) is 13.2 Å². The predicted molar refractivity (Wildman–Crippen MR) is 120 cm³/mol. The minimum Gasteiger partial charge on any atom is -0.486 e. The molecule has 0 aliphatic carbocycles. The van der Waals surface area contributed by atoms with Crippen LogP contribution in [0.5, 0.6) is 11.5 Å². The second-order valence-corrected chi connectivity index (χ2v) is 9.98. The van der Waals surface area contributed by atoms with Crippen LogP contribution < -0.4 is 9.47 Å². The molecule has 188 valence electrons. The molecule has 3 heterocycles. The molecular weight excluding hydrogens is 463 g/mol. The molecule has 2 saturated heterocycles. The third-order valence-corrected chi connectivity index (χ3v) is 7.39. The van der Waals surface area contributed by atoms with Gasteiger partial charge in [0.2, 0.25) is 0 Å². The van der Waals surface area contributed by atoms with Crippen molar-refractivity contribution in [3.8, 4) is 11.5 Å². The molecule has 1 N–H and O–H groups in total. The van der Waals surface area contributed by atoms with Gasteiger partial charge in [0.25, 0.3) is 0 Å². The van der Waals surface area contributed by atoms with Crippen molar-refractivity contribution in [2.24, 2.45) is 5.92 Å². The van der Waals surface area contributed by atoms with Gasteiger partial charge in [0.05, 0.1) is 17.8 Å². The number of hydrogen-bond acceptors (Lipinski definition) is 5. The maximum Gasteiger partial charge on any atom is 0.419 e. The smallest absolute Gasteiger partial charge is 0.419 e. The van der Waals surface area contributed by atoms with E-state index >= 15 is 0 Å². The van der Waals surface area contributed by atoms with E-state index in [1.807, 2.05) is 26.0 Å². The van der Waals surface area contributed by atoms with Crippen LogP contribution in [0.2, 0.25) is 0 Å². The highest BCUT2D eigenvalue weighted by Crippen LogP contribution is 2.55. The molecule has 3 aliphatic rings. The summed E-state index contributed by atoms with van der Waals surface area (Å²) in [6.45, 7) is 4.57. The third-order valence-electron chi connectivity index (χ3n) is 7.39. The SMILES string of the molecule is CC1(C)Oc2c(cccc2C(F)(F)F)[C@@H]2O[C@@H]3CCN(Cc4ccccc4OCC(=O)O)[C@@H]3C[C@H]21. The fourth-order valence-electron chi connectivity index (χ4n) is 5.74. The number of nitrogens with zero attached hydrogens (tertiary/aromatic N) is 1. The first kappa shape index (κ1) is 23.9. The summed E-state index contributed by atoms with van der Waals surface area (Å²) in [4.78, 5) is 13.2. The van der Waals surface area contributed by atoms with Crippen LogP contribution in [0.15, 0.2) is 42.5 Å². The number of fused-ring (bicyclic) bond motifs is 4. The number of carboxylic acid groups (broad SMARTS) is 1. The van der Waals surface area contributed by atoms with Gasteiger partial charge < -0.3 is 19.3 Å². The van der Waals surface area contributed by atoms with Crippen LogP contribution in [-0.4, -0.2) is 46.9 Å². The van der Waals surface area contributed by atoms with Crippen LogP contribution in [0.4, 0.5) is 13.2 Å². The monoisotopic (exact) mass is 491 g/mol. The van der Waals surface area contributed by atoms with E-state index < -0.39 is 36.0 Å². The van der Waals surface area contributed by atoms with Crippen LogP contribution in [0.3, 0.4) is 0 Å². The Balaban J connectivity index is 1.40. The highest BCUT2D eigenvalue weighted by molar-refractivity contribution is 5.68. The summed E-state index contributed by atoms with van der Waals surface area (Å²) in [6.07, 6.45) is -3.60. The van der Waals surface area contributed by atoms with Gasteiger partial charge in [0.1, 0.15) is 17.1 Å². The Bertz CT molecular complexity index is 1120. The Morgan fingerprint density at radius 1 is 1.20 bits per heavy atom. The largest absolute Gasteiger partial charge is 0.486 e. The van der Waals surface area contributed by atoms with Crippen molar-refractivity contribution in [3.05, 3.63) is 59.2 Å². The molecule has 0 bridgehead atoms. The van der Waals surface area contributed by atoms with E-state index in [-0.39, 0.29) is 23.8 Å². The number of aliphatic carboxylic acids is 1. The molecule has 2 aromatic carbocycles. The van der Waals surface area contributed by atoms with Gasteiger partial charge in [-0.15, -0.1) is 0 Å². The molecule has 0 aromatic heterocycles. The van der Waals surface area contributed by atoms with E-state index in [0.717, 1.165) is 31.0 Å².